The zero-order valence-corrected chi connectivity index (χ0v) is 13.3. The summed E-state index contributed by atoms with van der Waals surface area (Å²) in [6, 6.07) is 7.77. The fourth-order valence-electron chi connectivity index (χ4n) is 2.17. The van der Waals surface area contributed by atoms with E-state index in [-0.39, 0.29) is 5.91 Å². The van der Waals surface area contributed by atoms with Gasteiger partial charge in [-0.3, -0.25) is 4.79 Å². The summed E-state index contributed by atoms with van der Waals surface area (Å²) in [7, 11) is 1.75. The zero-order valence-electron chi connectivity index (χ0n) is 11.7. The Morgan fingerprint density at radius 2 is 2.24 bits per heavy atom. The first kappa shape index (κ1) is 14.1. The van der Waals surface area contributed by atoms with Gasteiger partial charge in [0.2, 0.25) is 0 Å². The van der Waals surface area contributed by atoms with Gasteiger partial charge in [0, 0.05) is 7.05 Å². The van der Waals surface area contributed by atoms with Gasteiger partial charge in [-0.1, -0.05) is 17.7 Å². The maximum absolute atomic E-state index is 12.3. The van der Waals surface area contributed by atoms with E-state index in [1.807, 2.05) is 30.5 Å². The summed E-state index contributed by atoms with van der Waals surface area (Å²) in [6.07, 6.45) is 0. The lowest BCUT2D eigenvalue weighted by Crippen LogP contribution is -2.26. The summed E-state index contributed by atoms with van der Waals surface area (Å²) in [6.45, 7) is 2.45. The summed E-state index contributed by atoms with van der Waals surface area (Å²) in [4.78, 5) is 22.2. The van der Waals surface area contributed by atoms with Gasteiger partial charge in [0.25, 0.3) is 5.91 Å². The van der Waals surface area contributed by atoms with E-state index in [0.717, 1.165) is 16.9 Å². The predicted molar refractivity (Wildman–Crippen MR) is 86.0 cm³/mol. The molecule has 3 rings (SSSR count). The van der Waals surface area contributed by atoms with Gasteiger partial charge in [-0.2, -0.15) is 0 Å². The van der Waals surface area contributed by atoms with E-state index in [1.54, 1.807) is 18.0 Å². The Morgan fingerprint density at radius 1 is 1.43 bits per heavy atom. The number of rotatable bonds is 3. The first-order valence-corrected chi connectivity index (χ1v) is 7.74. The van der Waals surface area contributed by atoms with Crippen molar-refractivity contribution in [1.29, 1.82) is 0 Å². The molecule has 3 aromatic rings. The van der Waals surface area contributed by atoms with E-state index in [1.165, 1.54) is 16.9 Å². The molecule has 0 saturated heterocycles. The molecule has 2 heterocycles. The van der Waals surface area contributed by atoms with Crippen molar-refractivity contribution in [2.75, 3.05) is 7.05 Å². The van der Waals surface area contributed by atoms with E-state index in [0.29, 0.717) is 16.4 Å². The molecule has 4 nitrogen and oxygen atoms in total. The predicted octanol–water partition coefficient (Wildman–Crippen LogP) is 3.86. The van der Waals surface area contributed by atoms with Gasteiger partial charge in [-0.15, -0.1) is 11.3 Å². The number of benzene rings is 1. The number of fused-ring (bicyclic) bond motifs is 1. The molecule has 0 aliphatic carbocycles. The van der Waals surface area contributed by atoms with E-state index in [2.05, 4.69) is 9.97 Å². The van der Waals surface area contributed by atoms with Crippen LogP contribution >= 0.6 is 22.9 Å². The first-order chi connectivity index (χ1) is 10.0. The van der Waals surface area contributed by atoms with Crippen LogP contribution in [0, 0.1) is 6.92 Å². The van der Waals surface area contributed by atoms with Gasteiger partial charge in [-0.05, 0) is 36.1 Å². The maximum atomic E-state index is 12.3. The first-order valence-electron chi connectivity index (χ1n) is 6.48. The number of aromatic nitrogens is 2. The van der Waals surface area contributed by atoms with Crippen LogP contribution in [0.2, 0.25) is 5.02 Å². The second-order valence-electron chi connectivity index (χ2n) is 4.96. The maximum Gasteiger partial charge on any atom is 0.265 e. The van der Waals surface area contributed by atoms with Crippen LogP contribution in [0.4, 0.5) is 0 Å². The van der Waals surface area contributed by atoms with Gasteiger partial charge in [-0.25, -0.2) is 4.98 Å². The molecule has 6 heteroatoms. The Morgan fingerprint density at radius 3 is 2.95 bits per heavy atom. The number of hydrogen-bond donors (Lipinski definition) is 1. The van der Waals surface area contributed by atoms with Gasteiger partial charge >= 0.3 is 0 Å². The topological polar surface area (TPSA) is 49.0 Å². The van der Waals surface area contributed by atoms with Gasteiger partial charge < -0.3 is 9.88 Å². The molecular weight excluding hydrogens is 306 g/mol. The van der Waals surface area contributed by atoms with Crippen molar-refractivity contribution >= 4 is 39.9 Å². The van der Waals surface area contributed by atoms with Crippen LogP contribution in [0.5, 0.6) is 0 Å². The minimum absolute atomic E-state index is 0.0911. The summed E-state index contributed by atoms with van der Waals surface area (Å²) in [5.74, 6) is 0.672. The SMILES string of the molecule is Cc1ccc2nc(CN(C)C(=O)c3sccc3Cl)[nH]c2c1. The highest BCUT2D eigenvalue weighted by atomic mass is 35.5. The quantitative estimate of drug-likeness (QED) is 0.797. The smallest absolute Gasteiger partial charge is 0.265 e. The largest absolute Gasteiger partial charge is 0.340 e. The fourth-order valence-corrected chi connectivity index (χ4v) is 3.30. The molecule has 0 unspecified atom stereocenters. The van der Waals surface area contributed by atoms with Crippen LogP contribution in [-0.2, 0) is 6.54 Å². The van der Waals surface area contributed by atoms with Crippen LogP contribution in [0.3, 0.4) is 0 Å². The average Bonchev–Trinajstić information content (AvgIpc) is 3.03. The molecule has 0 radical (unpaired) electrons. The van der Waals surface area contributed by atoms with Gasteiger partial charge in [0.1, 0.15) is 10.7 Å². The highest BCUT2D eigenvalue weighted by molar-refractivity contribution is 7.12. The molecule has 108 valence electrons. The Labute approximate surface area is 131 Å². The van der Waals surface area contributed by atoms with Crippen molar-refractivity contribution in [1.82, 2.24) is 14.9 Å². The molecule has 21 heavy (non-hydrogen) atoms. The Balaban J connectivity index is 1.81. The fraction of sp³-hybridized carbons (Fsp3) is 0.200. The van der Waals surface area contributed by atoms with Gasteiger partial charge in [0.05, 0.1) is 22.6 Å². The summed E-state index contributed by atoms with van der Waals surface area (Å²) >= 11 is 7.35. The number of thiophene rings is 1. The summed E-state index contributed by atoms with van der Waals surface area (Å²) in [5.41, 5.74) is 3.07. The number of carbonyl (C=O) groups excluding carboxylic acids is 1. The van der Waals surface area contributed by atoms with Crippen molar-refractivity contribution in [3.8, 4) is 0 Å². The van der Waals surface area contributed by atoms with Crippen LogP contribution in [0.25, 0.3) is 11.0 Å². The molecule has 1 N–H and O–H groups in total. The number of carbonyl (C=O) groups is 1. The third kappa shape index (κ3) is 2.80. The number of hydrogen-bond acceptors (Lipinski definition) is 3. The second kappa shape index (κ2) is 5.50. The Bertz CT molecular complexity index is 808. The third-order valence-corrected chi connectivity index (χ3v) is 4.56. The Hall–Kier alpha value is -1.85. The van der Waals surface area contributed by atoms with Crippen LogP contribution in [-0.4, -0.2) is 27.8 Å². The number of aryl methyl sites for hydroxylation is 1. The molecule has 0 aliphatic heterocycles. The molecule has 0 atom stereocenters. The standard InChI is InChI=1S/C15H14ClN3OS/c1-9-3-4-11-12(7-9)18-13(17-11)8-19(2)15(20)14-10(16)5-6-21-14/h3-7H,8H2,1-2H3,(H,17,18). The lowest BCUT2D eigenvalue weighted by molar-refractivity contribution is 0.0787. The van der Waals surface area contributed by atoms with Crippen molar-refractivity contribution in [2.24, 2.45) is 0 Å². The number of aromatic amines is 1. The molecule has 0 fully saturated rings. The van der Waals surface area contributed by atoms with Crippen molar-refractivity contribution in [2.45, 2.75) is 13.5 Å². The van der Waals surface area contributed by atoms with Gasteiger partial charge in [0.15, 0.2) is 0 Å². The summed E-state index contributed by atoms with van der Waals surface area (Å²) < 4.78 is 0. The van der Waals surface area contributed by atoms with E-state index < -0.39 is 0 Å². The van der Waals surface area contributed by atoms with Crippen molar-refractivity contribution < 1.29 is 4.79 Å². The molecule has 0 spiro atoms. The Kier molecular flexibility index (Phi) is 3.69. The lowest BCUT2D eigenvalue weighted by atomic mass is 10.2. The molecule has 0 bridgehead atoms. The lowest BCUT2D eigenvalue weighted by Gasteiger charge is -2.14. The molecular formula is C15H14ClN3OS. The average molecular weight is 320 g/mol. The molecule has 0 saturated carbocycles. The van der Waals surface area contributed by atoms with Crippen LogP contribution in [0.15, 0.2) is 29.6 Å². The number of nitrogens with one attached hydrogen (secondary N) is 1. The van der Waals surface area contributed by atoms with E-state index >= 15 is 0 Å². The molecule has 2 aromatic heterocycles. The zero-order chi connectivity index (χ0) is 15.0. The number of imidazole rings is 1. The van der Waals surface area contributed by atoms with Crippen LogP contribution in [0.1, 0.15) is 21.1 Å². The van der Waals surface area contributed by atoms with Crippen LogP contribution < -0.4 is 0 Å². The minimum atomic E-state index is -0.0911. The second-order valence-corrected chi connectivity index (χ2v) is 6.29. The molecule has 0 aliphatic rings. The normalized spacial score (nSPS) is 11.0. The highest BCUT2D eigenvalue weighted by Gasteiger charge is 2.17. The molecule has 1 aromatic carbocycles. The number of amides is 1. The van der Waals surface area contributed by atoms with Crippen molar-refractivity contribution in [3.63, 3.8) is 0 Å². The number of nitrogens with zero attached hydrogens (tertiary/aromatic N) is 2. The number of H-pyrrole nitrogens is 1. The monoisotopic (exact) mass is 319 g/mol. The third-order valence-electron chi connectivity index (χ3n) is 3.23. The van der Waals surface area contributed by atoms with Crippen molar-refractivity contribution in [3.05, 3.63) is 50.9 Å². The molecule has 1 amide bonds. The number of halogens is 1. The highest BCUT2D eigenvalue weighted by Crippen LogP contribution is 2.24. The summed E-state index contributed by atoms with van der Waals surface area (Å²) in [5, 5.41) is 2.31. The minimum Gasteiger partial charge on any atom is -0.340 e. The van der Waals surface area contributed by atoms with E-state index in [4.69, 9.17) is 11.6 Å². The van der Waals surface area contributed by atoms with E-state index in [9.17, 15) is 4.79 Å².